The van der Waals surface area contributed by atoms with E-state index >= 15 is 0 Å². The minimum absolute atomic E-state index is 0.0309. The number of aryl methyl sites for hydroxylation is 1. The van der Waals surface area contributed by atoms with Crippen LogP contribution in [0.1, 0.15) is 5.56 Å². The van der Waals surface area contributed by atoms with Gasteiger partial charge in [-0.1, -0.05) is 35.9 Å². The van der Waals surface area contributed by atoms with Gasteiger partial charge in [0.05, 0.1) is 24.0 Å². The molecule has 0 aliphatic rings. The molecule has 9 nitrogen and oxygen atoms in total. The molecule has 0 fully saturated rings. The maximum absolute atomic E-state index is 12.3. The van der Waals surface area contributed by atoms with Crippen molar-refractivity contribution in [3.63, 3.8) is 0 Å². The minimum atomic E-state index is -0.231. The van der Waals surface area contributed by atoms with Crippen molar-refractivity contribution in [2.75, 3.05) is 5.32 Å². The van der Waals surface area contributed by atoms with Crippen LogP contribution in [0.4, 0.5) is 11.6 Å². The van der Waals surface area contributed by atoms with Crippen molar-refractivity contribution in [3.05, 3.63) is 77.7 Å². The Bertz CT molecular complexity index is 1110. The lowest BCUT2D eigenvalue weighted by Gasteiger charge is -2.07. The van der Waals surface area contributed by atoms with Gasteiger partial charge >= 0.3 is 0 Å². The van der Waals surface area contributed by atoms with E-state index in [2.05, 4.69) is 37.4 Å². The second-order valence-corrected chi connectivity index (χ2v) is 6.98. The first kappa shape index (κ1) is 21.7. The van der Waals surface area contributed by atoms with E-state index in [1.54, 1.807) is 23.3 Å². The number of allylic oxidation sites excluding steroid dienone is 1. The average molecular weight is 437 g/mol. The van der Waals surface area contributed by atoms with E-state index in [-0.39, 0.29) is 17.5 Å². The molecule has 4 N–H and O–H groups in total. The molecule has 1 aromatic carbocycles. The number of hydrogen-bond acceptors (Lipinski definition) is 7. The number of nitrogens with zero attached hydrogens (tertiary/aromatic N) is 5. The molecule has 3 rings (SSSR count). The normalized spacial score (nSPS) is 11.8. The van der Waals surface area contributed by atoms with Gasteiger partial charge in [-0.3, -0.25) is 14.5 Å². The molecule has 0 saturated carbocycles. The Morgan fingerprint density at radius 1 is 1.23 bits per heavy atom. The zero-order valence-electron chi connectivity index (χ0n) is 16.8. The number of halogens is 1. The van der Waals surface area contributed by atoms with Gasteiger partial charge in [0.1, 0.15) is 5.16 Å². The average Bonchev–Trinajstić information content (AvgIpc) is 3.13. The van der Waals surface area contributed by atoms with Crippen molar-refractivity contribution >= 4 is 35.9 Å². The molecule has 2 aromatic heterocycles. The van der Waals surface area contributed by atoms with E-state index in [9.17, 15) is 4.79 Å². The zero-order chi connectivity index (χ0) is 22.2. The summed E-state index contributed by atoms with van der Waals surface area (Å²) >= 11 is 5.65. The fourth-order valence-electron chi connectivity index (χ4n) is 2.71. The minimum Gasteiger partial charge on any atom is -0.389 e. The fraction of sp³-hybridized carbons (Fsp3) is 0.0952. The Morgan fingerprint density at radius 2 is 1.94 bits per heavy atom. The molecular weight excluding hydrogens is 416 g/mol. The molecular formula is C21H21ClN8O. The summed E-state index contributed by atoms with van der Waals surface area (Å²) in [7, 11) is 1.84. The van der Waals surface area contributed by atoms with Crippen molar-refractivity contribution in [2.45, 2.75) is 6.42 Å². The molecule has 0 aliphatic heterocycles. The summed E-state index contributed by atoms with van der Waals surface area (Å²) in [5.74, 6) is 0.250. The monoisotopic (exact) mass is 436 g/mol. The molecule has 0 radical (unpaired) electrons. The van der Waals surface area contributed by atoms with E-state index in [1.165, 1.54) is 12.3 Å². The Hall–Kier alpha value is -3.98. The number of carbonyl (C=O) groups excluding carboxylic acids is 1. The SMILES string of the molecule is C=N/C=C(\C=C(/N)Cl)NC(=O)Cc1ccc(-c2cnc(Nc3cnn(C)c3)nc2)cc1. The Kier molecular flexibility index (Phi) is 7.13. The first-order valence-electron chi connectivity index (χ1n) is 9.18. The van der Waals surface area contributed by atoms with E-state index in [0.29, 0.717) is 11.6 Å². The lowest BCUT2D eigenvalue weighted by molar-refractivity contribution is -0.119. The van der Waals surface area contributed by atoms with E-state index < -0.39 is 0 Å². The number of aliphatic imine (C=N–C) groups is 1. The highest BCUT2D eigenvalue weighted by molar-refractivity contribution is 6.29. The summed E-state index contributed by atoms with van der Waals surface area (Å²) in [6, 6.07) is 7.57. The predicted octanol–water partition coefficient (Wildman–Crippen LogP) is 2.86. The van der Waals surface area contributed by atoms with Crippen molar-refractivity contribution < 1.29 is 4.79 Å². The second-order valence-electron chi connectivity index (χ2n) is 6.54. The molecule has 0 atom stereocenters. The molecule has 0 spiro atoms. The van der Waals surface area contributed by atoms with Crippen LogP contribution in [0.15, 0.2) is 77.2 Å². The van der Waals surface area contributed by atoms with Crippen LogP contribution in [0.2, 0.25) is 0 Å². The molecule has 0 bridgehead atoms. The lowest BCUT2D eigenvalue weighted by Crippen LogP contribution is -2.24. The summed E-state index contributed by atoms with van der Waals surface area (Å²) in [5.41, 5.74) is 9.23. The molecule has 0 saturated heterocycles. The van der Waals surface area contributed by atoms with Crippen LogP contribution in [-0.2, 0) is 18.3 Å². The van der Waals surface area contributed by atoms with Gasteiger partial charge in [-0.15, -0.1) is 0 Å². The number of nitrogens with two attached hydrogens (primary N) is 1. The van der Waals surface area contributed by atoms with Crippen LogP contribution < -0.4 is 16.4 Å². The number of amides is 1. The number of nitrogens with one attached hydrogen (secondary N) is 2. The van der Waals surface area contributed by atoms with Crippen molar-refractivity contribution in [1.29, 1.82) is 0 Å². The van der Waals surface area contributed by atoms with E-state index in [1.807, 2.05) is 37.5 Å². The number of hydrogen-bond donors (Lipinski definition) is 3. The van der Waals surface area contributed by atoms with Gasteiger partial charge in [-0.2, -0.15) is 5.10 Å². The zero-order valence-corrected chi connectivity index (χ0v) is 17.5. The van der Waals surface area contributed by atoms with Gasteiger partial charge in [-0.25, -0.2) is 9.97 Å². The third-order valence-corrected chi connectivity index (χ3v) is 4.18. The van der Waals surface area contributed by atoms with Crippen molar-refractivity contribution in [2.24, 2.45) is 17.8 Å². The fourth-order valence-corrected chi connectivity index (χ4v) is 2.83. The van der Waals surface area contributed by atoms with Crippen LogP contribution in [0.5, 0.6) is 0 Å². The first-order valence-corrected chi connectivity index (χ1v) is 9.56. The molecule has 0 unspecified atom stereocenters. The summed E-state index contributed by atoms with van der Waals surface area (Å²) in [6.45, 7) is 3.36. The summed E-state index contributed by atoms with van der Waals surface area (Å²) in [4.78, 5) is 24.6. The van der Waals surface area contributed by atoms with Gasteiger partial charge in [0.25, 0.3) is 0 Å². The highest BCUT2D eigenvalue weighted by Gasteiger charge is 2.07. The number of rotatable bonds is 8. The predicted molar refractivity (Wildman–Crippen MR) is 122 cm³/mol. The van der Waals surface area contributed by atoms with Crippen LogP contribution in [0.3, 0.4) is 0 Å². The first-order chi connectivity index (χ1) is 14.9. The van der Waals surface area contributed by atoms with Gasteiger partial charge in [-0.05, 0) is 23.9 Å². The number of anilines is 2. The number of carbonyl (C=O) groups is 1. The lowest BCUT2D eigenvalue weighted by atomic mass is 10.1. The van der Waals surface area contributed by atoms with Gasteiger partial charge in [0.2, 0.25) is 11.9 Å². The maximum atomic E-state index is 12.3. The topological polar surface area (TPSA) is 123 Å². The van der Waals surface area contributed by atoms with Crippen molar-refractivity contribution in [1.82, 2.24) is 25.1 Å². The van der Waals surface area contributed by atoms with Crippen LogP contribution in [0.25, 0.3) is 11.1 Å². The number of benzene rings is 1. The quantitative estimate of drug-likeness (QED) is 0.283. The smallest absolute Gasteiger partial charge is 0.228 e. The number of aromatic nitrogens is 4. The van der Waals surface area contributed by atoms with E-state index in [0.717, 1.165) is 22.4 Å². The van der Waals surface area contributed by atoms with Crippen molar-refractivity contribution in [3.8, 4) is 11.1 Å². The van der Waals surface area contributed by atoms with Gasteiger partial charge in [0.15, 0.2) is 0 Å². The largest absolute Gasteiger partial charge is 0.389 e. The summed E-state index contributed by atoms with van der Waals surface area (Å²) in [6.07, 6.45) is 9.92. The van der Waals surface area contributed by atoms with Crippen LogP contribution in [0, 0.1) is 0 Å². The Morgan fingerprint density at radius 3 is 2.52 bits per heavy atom. The van der Waals surface area contributed by atoms with Gasteiger partial charge in [0, 0.05) is 37.4 Å². The third kappa shape index (κ3) is 6.51. The molecule has 0 aliphatic carbocycles. The molecule has 31 heavy (non-hydrogen) atoms. The van der Waals surface area contributed by atoms with E-state index in [4.69, 9.17) is 17.3 Å². The molecule has 158 valence electrons. The van der Waals surface area contributed by atoms with Gasteiger partial charge < -0.3 is 16.4 Å². The summed E-state index contributed by atoms with van der Waals surface area (Å²) in [5, 5.41) is 9.89. The molecule has 1 amide bonds. The Labute approximate surface area is 184 Å². The third-order valence-electron chi connectivity index (χ3n) is 4.07. The summed E-state index contributed by atoms with van der Waals surface area (Å²) < 4.78 is 1.69. The molecule has 3 aromatic rings. The van der Waals surface area contributed by atoms with Crippen LogP contribution >= 0.6 is 11.6 Å². The standard InChI is InChI=1S/C21H21ClN8O/c1-24-11-17(8-19(22)23)28-20(31)7-14-3-5-15(6-4-14)16-9-25-21(26-10-16)29-18-12-27-30(2)13-18/h3-6,8-13H,1,7,23H2,2H3,(H,28,31)(H,25,26,29)/b17-11+,19-8-. The van der Waals surface area contributed by atoms with Crippen LogP contribution in [-0.4, -0.2) is 32.4 Å². The molecule has 2 heterocycles. The highest BCUT2D eigenvalue weighted by Crippen LogP contribution is 2.20. The second kappa shape index (κ2) is 10.2. The molecule has 10 heteroatoms. The maximum Gasteiger partial charge on any atom is 0.228 e. The highest BCUT2D eigenvalue weighted by atomic mass is 35.5. The Balaban J connectivity index is 1.61.